The summed E-state index contributed by atoms with van der Waals surface area (Å²) in [5, 5.41) is 2.45. The van der Waals surface area contributed by atoms with Crippen molar-refractivity contribution in [1.82, 2.24) is 9.88 Å². The zero-order valence-corrected chi connectivity index (χ0v) is 11.1. The van der Waals surface area contributed by atoms with Gasteiger partial charge in [0.1, 0.15) is 12.6 Å². The van der Waals surface area contributed by atoms with Gasteiger partial charge in [-0.2, -0.15) is 0 Å². The van der Waals surface area contributed by atoms with E-state index in [-0.39, 0.29) is 6.54 Å². The number of nitrogens with zero attached hydrogens (tertiary/aromatic N) is 1. The molecule has 7 heteroatoms. The number of nitrogens with one attached hydrogen (secondary N) is 1. The lowest BCUT2D eigenvalue weighted by Gasteiger charge is -2.11. The van der Waals surface area contributed by atoms with Crippen LogP contribution < -0.4 is 11.1 Å². The largest absolute Gasteiger partial charge is 0.467 e. The van der Waals surface area contributed by atoms with Crippen molar-refractivity contribution in [3.63, 3.8) is 0 Å². The summed E-state index contributed by atoms with van der Waals surface area (Å²) < 4.78 is 10.7. The van der Waals surface area contributed by atoms with Gasteiger partial charge >= 0.3 is 11.7 Å². The first-order valence-electron chi connectivity index (χ1n) is 5.98. The second kappa shape index (κ2) is 5.60. The normalized spacial score (nSPS) is 12.1. The van der Waals surface area contributed by atoms with Crippen LogP contribution in [0.5, 0.6) is 0 Å². The molecule has 1 atom stereocenters. The fraction of sp³-hybridized carbons (Fsp3) is 0.308. The molecule has 1 aromatic carbocycles. The van der Waals surface area contributed by atoms with Gasteiger partial charge in [0.2, 0.25) is 5.91 Å². The number of esters is 1. The molecule has 1 aromatic heterocycles. The minimum Gasteiger partial charge on any atom is -0.467 e. The van der Waals surface area contributed by atoms with Crippen molar-refractivity contribution < 1.29 is 18.7 Å². The molecule has 0 fully saturated rings. The number of oxazole rings is 1. The number of hydrogen-bond donors (Lipinski definition) is 1. The van der Waals surface area contributed by atoms with Crippen LogP contribution in [0, 0.1) is 0 Å². The van der Waals surface area contributed by atoms with Crippen LogP contribution in [-0.2, 0) is 20.9 Å². The Morgan fingerprint density at radius 3 is 2.80 bits per heavy atom. The van der Waals surface area contributed by atoms with Crippen molar-refractivity contribution >= 4 is 23.0 Å². The maximum atomic E-state index is 11.8. The van der Waals surface area contributed by atoms with Crippen LogP contribution in [0.4, 0.5) is 0 Å². The van der Waals surface area contributed by atoms with E-state index < -0.39 is 23.7 Å². The molecular formula is C13H14N2O5. The molecule has 0 radical (unpaired) electrons. The number of amides is 1. The summed E-state index contributed by atoms with van der Waals surface area (Å²) in [5.41, 5.74) is 0.935. The smallest absolute Gasteiger partial charge is 0.420 e. The molecule has 1 heterocycles. The number of aromatic nitrogens is 1. The molecule has 2 rings (SSSR count). The van der Waals surface area contributed by atoms with E-state index in [1.54, 1.807) is 24.3 Å². The van der Waals surface area contributed by atoms with Crippen LogP contribution in [-0.4, -0.2) is 29.6 Å². The highest BCUT2D eigenvalue weighted by atomic mass is 16.5. The Morgan fingerprint density at radius 1 is 1.40 bits per heavy atom. The molecule has 0 spiro atoms. The predicted octanol–water partition coefficient (Wildman–Crippen LogP) is 0.272. The summed E-state index contributed by atoms with van der Waals surface area (Å²) >= 11 is 0. The topological polar surface area (TPSA) is 90.5 Å². The maximum absolute atomic E-state index is 11.8. The van der Waals surface area contributed by atoms with E-state index in [2.05, 4.69) is 10.1 Å². The monoisotopic (exact) mass is 278 g/mol. The number of fused-ring (bicyclic) bond motifs is 1. The molecule has 0 aliphatic heterocycles. The number of ether oxygens (including phenoxy) is 1. The van der Waals surface area contributed by atoms with Crippen LogP contribution >= 0.6 is 0 Å². The van der Waals surface area contributed by atoms with E-state index in [1.165, 1.54) is 18.6 Å². The standard InChI is InChI=1S/C13H14N2O5/c1-8(12(17)19-2)14-11(16)7-15-9-5-3-4-6-10(9)20-13(15)18/h3-6,8H,7H2,1-2H3,(H,14,16). The molecule has 1 unspecified atom stereocenters. The SMILES string of the molecule is COC(=O)C(C)NC(=O)Cn1c(=O)oc2ccccc21. The number of hydrogen-bond acceptors (Lipinski definition) is 5. The summed E-state index contributed by atoms with van der Waals surface area (Å²) in [5.74, 6) is -1.65. The molecule has 1 N–H and O–H groups in total. The third-order valence-electron chi connectivity index (χ3n) is 2.81. The molecule has 1 amide bonds. The average Bonchev–Trinajstić information content (AvgIpc) is 2.74. The molecule has 7 nitrogen and oxygen atoms in total. The minimum atomic E-state index is -0.777. The highest BCUT2D eigenvalue weighted by Gasteiger charge is 2.18. The van der Waals surface area contributed by atoms with Crippen LogP contribution in [0.25, 0.3) is 11.1 Å². The van der Waals surface area contributed by atoms with Gasteiger partial charge in [-0.05, 0) is 19.1 Å². The molecule has 0 saturated carbocycles. The van der Waals surface area contributed by atoms with E-state index in [9.17, 15) is 14.4 Å². The van der Waals surface area contributed by atoms with Gasteiger partial charge in [0.05, 0.1) is 12.6 Å². The first-order chi connectivity index (χ1) is 9.52. The summed E-state index contributed by atoms with van der Waals surface area (Å²) in [4.78, 5) is 34.7. The first-order valence-corrected chi connectivity index (χ1v) is 5.98. The number of methoxy groups -OCH3 is 1. The van der Waals surface area contributed by atoms with Crippen molar-refractivity contribution in [2.45, 2.75) is 19.5 Å². The fourth-order valence-corrected chi connectivity index (χ4v) is 1.83. The Morgan fingerprint density at radius 2 is 2.10 bits per heavy atom. The average molecular weight is 278 g/mol. The lowest BCUT2D eigenvalue weighted by atomic mass is 10.3. The van der Waals surface area contributed by atoms with Gasteiger partial charge in [-0.25, -0.2) is 9.59 Å². The maximum Gasteiger partial charge on any atom is 0.420 e. The van der Waals surface area contributed by atoms with Gasteiger partial charge in [-0.3, -0.25) is 9.36 Å². The van der Waals surface area contributed by atoms with Gasteiger partial charge in [0, 0.05) is 0 Å². The molecule has 2 aromatic rings. The van der Waals surface area contributed by atoms with Crippen LogP contribution in [0.15, 0.2) is 33.5 Å². The lowest BCUT2D eigenvalue weighted by molar-refractivity contribution is -0.144. The molecular weight excluding hydrogens is 264 g/mol. The summed E-state index contributed by atoms with van der Waals surface area (Å²) in [6.07, 6.45) is 0. The number of carbonyl (C=O) groups excluding carboxylic acids is 2. The Balaban J connectivity index is 2.16. The quantitative estimate of drug-likeness (QED) is 0.811. The number of benzene rings is 1. The highest BCUT2D eigenvalue weighted by molar-refractivity contribution is 5.85. The van der Waals surface area contributed by atoms with Crippen LogP contribution in [0.1, 0.15) is 6.92 Å². The summed E-state index contributed by atoms with van der Waals surface area (Å²) in [7, 11) is 1.24. The molecule has 106 valence electrons. The summed E-state index contributed by atoms with van der Waals surface area (Å²) in [6.45, 7) is 1.27. The van der Waals surface area contributed by atoms with Gasteiger partial charge in [0.15, 0.2) is 5.58 Å². The van der Waals surface area contributed by atoms with Gasteiger partial charge in [-0.1, -0.05) is 12.1 Å². The van der Waals surface area contributed by atoms with E-state index in [4.69, 9.17) is 4.42 Å². The second-order valence-corrected chi connectivity index (χ2v) is 4.23. The molecule has 0 bridgehead atoms. The van der Waals surface area contributed by atoms with E-state index in [0.29, 0.717) is 11.1 Å². The van der Waals surface area contributed by atoms with Crippen LogP contribution in [0.2, 0.25) is 0 Å². The second-order valence-electron chi connectivity index (χ2n) is 4.23. The lowest BCUT2D eigenvalue weighted by Crippen LogP contribution is -2.41. The number of para-hydroxylation sites is 2. The van der Waals surface area contributed by atoms with Crippen molar-refractivity contribution in [3.8, 4) is 0 Å². The van der Waals surface area contributed by atoms with Crippen molar-refractivity contribution in [3.05, 3.63) is 34.8 Å². The van der Waals surface area contributed by atoms with E-state index in [0.717, 1.165) is 0 Å². The molecule has 0 aliphatic rings. The Hall–Kier alpha value is -2.57. The summed E-state index contributed by atoms with van der Waals surface area (Å²) in [6, 6.07) is 6.01. The van der Waals surface area contributed by atoms with E-state index >= 15 is 0 Å². The van der Waals surface area contributed by atoms with Crippen molar-refractivity contribution in [2.24, 2.45) is 0 Å². The van der Waals surface area contributed by atoms with Crippen molar-refractivity contribution in [1.29, 1.82) is 0 Å². The number of carbonyl (C=O) groups is 2. The predicted molar refractivity (Wildman–Crippen MR) is 70.1 cm³/mol. The fourth-order valence-electron chi connectivity index (χ4n) is 1.83. The van der Waals surface area contributed by atoms with Gasteiger partial charge in [-0.15, -0.1) is 0 Å². The van der Waals surface area contributed by atoms with Gasteiger partial charge < -0.3 is 14.5 Å². The Bertz CT molecular complexity index is 700. The number of rotatable bonds is 4. The Kier molecular flexibility index (Phi) is 3.88. The first kappa shape index (κ1) is 13.9. The third kappa shape index (κ3) is 2.71. The Labute approximate surface area is 114 Å². The highest BCUT2D eigenvalue weighted by Crippen LogP contribution is 2.11. The molecule has 20 heavy (non-hydrogen) atoms. The van der Waals surface area contributed by atoms with Crippen molar-refractivity contribution in [2.75, 3.05) is 7.11 Å². The minimum absolute atomic E-state index is 0.225. The van der Waals surface area contributed by atoms with E-state index in [1.807, 2.05) is 0 Å². The zero-order chi connectivity index (χ0) is 14.7. The molecule has 0 aliphatic carbocycles. The third-order valence-corrected chi connectivity index (χ3v) is 2.81. The molecule has 0 saturated heterocycles. The zero-order valence-electron chi connectivity index (χ0n) is 11.1. The van der Waals surface area contributed by atoms with Crippen LogP contribution in [0.3, 0.4) is 0 Å². The van der Waals surface area contributed by atoms with Gasteiger partial charge in [0.25, 0.3) is 0 Å².